The fourth-order valence-corrected chi connectivity index (χ4v) is 2.95. The first-order chi connectivity index (χ1) is 10.4. The number of hydrogen-bond donors (Lipinski definition) is 2. The molecule has 22 heavy (non-hydrogen) atoms. The van der Waals surface area contributed by atoms with Crippen LogP contribution in [0.5, 0.6) is 0 Å². The van der Waals surface area contributed by atoms with Crippen LogP contribution in [0.3, 0.4) is 0 Å². The number of methoxy groups -OCH3 is 1. The molecule has 0 saturated carbocycles. The number of rotatable bonds is 4. The first-order valence-electron chi connectivity index (χ1n) is 7.90. The fraction of sp³-hybridized carbons (Fsp3) is 0.812. The van der Waals surface area contributed by atoms with Crippen LogP contribution >= 0.6 is 0 Å². The summed E-state index contributed by atoms with van der Waals surface area (Å²) in [6, 6.07) is 0. The van der Waals surface area contributed by atoms with Gasteiger partial charge in [-0.15, -0.1) is 0 Å². The van der Waals surface area contributed by atoms with E-state index in [0.29, 0.717) is 6.61 Å². The van der Waals surface area contributed by atoms with E-state index >= 15 is 0 Å². The molecule has 2 rings (SSSR count). The van der Waals surface area contributed by atoms with Crippen molar-refractivity contribution in [3.8, 4) is 0 Å². The monoisotopic (exact) mass is 313 g/mol. The molecule has 0 aliphatic carbocycles. The van der Waals surface area contributed by atoms with E-state index in [9.17, 15) is 9.90 Å². The molecule has 1 amide bonds. The van der Waals surface area contributed by atoms with Crippen molar-refractivity contribution in [3.05, 3.63) is 12.2 Å². The molecule has 0 aromatic heterocycles. The Hall–Kier alpha value is -0.950. The molecule has 0 aromatic rings. The van der Waals surface area contributed by atoms with Gasteiger partial charge in [0.2, 0.25) is 5.79 Å². The molecule has 126 valence electrons. The van der Waals surface area contributed by atoms with Gasteiger partial charge >= 0.3 is 0 Å². The highest BCUT2D eigenvalue weighted by Gasteiger charge is 2.49. The summed E-state index contributed by atoms with van der Waals surface area (Å²) in [5.41, 5.74) is 0.904. The van der Waals surface area contributed by atoms with Crippen LogP contribution in [0.4, 0.5) is 0 Å². The van der Waals surface area contributed by atoms with Gasteiger partial charge in [-0.1, -0.05) is 19.1 Å². The lowest BCUT2D eigenvalue weighted by Gasteiger charge is -2.45. The summed E-state index contributed by atoms with van der Waals surface area (Å²) in [6.45, 7) is 8.54. The number of carbonyl (C=O) groups excluding carboxylic acids is 1. The number of aliphatic hydroxyl groups excluding tert-OH is 1. The van der Waals surface area contributed by atoms with Crippen molar-refractivity contribution in [1.29, 1.82) is 0 Å². The molecule has 0 spiro atoms. The van der Waals surface area contributed by atoms with Gasteiger partial charge in [0.15, 0.2) is 6.10 Å². The quantitative estimate of drug-likeness (QED) is 0.766. The summed E-state index contributed by atoms with van der Waals surface area (Å²) in [5.74, 6) is -1.77. The lowest BCUT2D eigenvalue weighted by molar-refractivity contribution is -0.297. The molecular weight excluding hydrogens is 286 g/mol. The van der Waals surface area contributed by atoms with Crippen LogP contribution in [-0.2, 0) is 19.0 Å². The van der Waals surface area contributed by atoms with Gasteiger partial charge < -0.3 is 24.6 Å². The van der Waals surface area contributed by atoms with E-state index in [1.54, 1.807) is 0 Å². The van der Waals surface area contributed by atoms with Gasteiger partial charge in [-0.3, -0.25) is 4.79 Å². The van der Waals surface area contributed by atoms with Gasteiger partial charge in [-0.05, 0) is 26.2 Å². The minimum Gasteiger partial charge on any atom is -0.378 e. The van der Waals surface area contributed by atoms with Crippen LogP contribution in [0.15, 0.2) is 12.2 Å². The van der Waals surface area contributed by atoms with Crippen LogP contribution in [0.2, 0.25) is 0 Å². The van der Waals surface area contributed by atoms with Crippen LogP contribution < -0.4 is 5.32 Å². The Morgan fingerprint density at radius 3 is 2.77 bits per heavy atom. The Labute approximate surface area is 131 Å². The minimum absolute atomic E-state index is 0.153. The highest BCUT2D eigenvalue weighted by Crippen LogP contribution is 2.38. The van der Waals surface area contributed by atoms with Crippen molar-refractivity contribution in [2.75, 3.05) is 13.7 Å². The number of carbonyl (C=O) groups is 1. The maximum Gasteiger partial charge on any atom is 0.256 e. The van der Waals surface area contributed by atoms with Crippen molar-refractivity contribution >= 4 is 5.91 Å². The number of amides is 1. The smallest absolute Gasteiger partial charge is 0.256 e. The van der Waals surface area contributed by atoms with E-state index in [2.05, 4.69) is 11.9 Å². The van der Waals surface area contributed by atoms with E-state index < -0.39 is 17.8 Å². The van der Waals surface area contributed by atoms with Crippen LogP contribution in [0.25, 0.3) is 0 Å². The Morgan fingerprint density at radius 1 is 1.50 bits per heavy atom. The van der Waals surface area contributed by atoms with E-state index in [4.69, 9.17) is 14.2 Å². The molecule has 2 fully saturated rings. The highest BCUT2D eigenvalue weighted by atomic mass is 16.7. The number of nitrogens with one attached hydrogen (secondary N) is 1. The first-order valence-corrected chi connectivity index (χ1v) is 7.90. The molecule has 2 N–H and O–H groups in total. The summed E-state index contributed by atoms with van der Waals surface area (Å²) in [4.78, 5) is 12.3. The second kappa shape index (κ2) is 7.08. The third-order valence-corrected chi connectivity index (χ3v) is 4.70. The van der Waals surface area contributed by atoms with Crippen LogP contribution in [0, 0.1) is 5.92 Å². The highest BCUT2D eigenvalue weighted by molar-refractivity contribution is 5.81. The minimum atomic E-state index is -1.44. The molecule has 2 aliphatic heterocycles. The maximum absolute atomic E-state index is 12.3. The molecule has 6 nitrogen and oxygen atoms in total. The van der Waals surface area contributed by atoms with E-state index in [0.717, 1.165) is 24.8 Å². The molecule has 2 aliphatic rings. The second-order valence-electron chi connectivity index (χ2n) is 6.23. The second-order valence-corrected chi connectivity index (χ2v) is 6.23. The fourth-order valence-electron chi connectivity index (χ4n) is 2.95. The summed E-state index contributed by atoms with van der Waals surface area (Å²) in [5, 5.41) is 13.2. The van der Waals surface area contributed by atoms with Gasteiger partial charge in [-0.2, -0.15) is 0 Å². The van der Waals surface area contributed by atoms with Crippen molar-refractivity contribution < 1.29 is 24.1 Å². The predicted octanol–water partition coefficient (Wildman–Crippen LogP) is 1.33. The Kier molecular flexibility index (Phi) is 5.60. The van der Waals surface area contributed by atoms with Gasteiger partial charge in [-0.25, -0.2) is 0 Å². The molecule has 2 saturated heterocycles. The zero-order valence-electron chi connectivity index (χ0n) is 13.6. The molecular formula is C16H27NO5. The van der Waals surface area contributed by atoms with Gasteiger partial charge in [0, 0.05) is 26.1 Å². The van der Waals surface area contributed by atoms with Gasteiger partial charge in [0.05, 0.1) is 6.10 Å². The average molecular weight is 313 g/mol. The molecule has 0 aromatic carbocycles. The van der Waals surface area contributed by atoms with Crippen LogP contribution in [-0.4, -0.2) is 49.0 Å². The zero-order valence-corrected chi connectivity index (χ0v) is 13.6. The molecule has 5 atom stereocenters. The number of ether oxygens (including phenoxy) is 3. The van der Waals surface area contributed by atoms with E-state index in [-0.39, 0.29) is 24.7 Å². The summed E-state index contributed by atoms with van der Waals surface area (Å²) in [7, 11) is 1.43. The maximum atomic E-state index is 12.3. The number of hydrogen-bond acceptors (Lipinski definition) is 5. The Bertz CT molecular complexity index is 421. The standard InChI is InChI=1S/C16H27NO5/c1-10-9-16(20-4,22-12(3)11(10)2)14(18)15(19)17-13-7-5-6-8-21-13/h11-14,18H,1,5-9H2,2-4H3,(H,17,19)/t11-,12-,13+,14+,16-/m1/s1. The zero-order chi connectivity index (χ0) is 16.3. The Balaban J connectivity index is 2.05. The normalized spacial score (nSPS) is 37.6. The topological polar surface area (TPSA) is 77.0 Å². The molecule has 2 heterocycles. The van der Waals surface area contributed by atoms with Gasteiger partial charge in [0.25, 0.3) is 5.91 Å². The molecule has 0 unspecified atom stereocenters. The van der Waals surface area contributed by atoms with E-state index in [1.165, 1.54) is 7.11 Å². The average Bonchev–Trinajstić information content (AvgIpc) is 2.52. The Morgan fingerprint density at radius 2 is 2.23 bits per heavy atom. The van der Waals surface area contributed by atoms with Crippen molar-refractivity contribution in [2.45, 2.75) is 63.8 Å². The van der Waals surface area contributed by atoms with Crippen molar-refractivity contribution in [1.82, 2.24) is 5.32 Å². The molecule has 6 heteroatoms. The lowest BCUT2D eigenvalue weighted by Crippen LogP contribution is -2.59. The molecule has 0 radical (unpaired) electrons. The molecule has 0 bridgehead atoms. The predicted molar refractivity (Wildman–Crippen MR) is 80.9 cm³/mol. The van der Waals surface area contributed by atoms with Crippen molar-refractivity contribution in [3.63, 3.8) is 0 Å². The summed E-state index contributed by atoms with van der Waals surface area (Å²) >= 11 is 0. The summed E-state index contributed by atoms with van der Waals surface area (Å²) < 4.78 is 16.7. The summed E-state index contributed by atoms with van der Waals surface area (Å²) in [6.07, 6.45) is 1.06. The largest absolute Gasteiger partial charge is 0.378 e. The van der Waals surface area contributed by atoms with Crippen LogP contribution in [0.1, 0.15) is 39.5 Å². The SMILES string of the molecule is C=C1C[C@](OC)([C@@H](O)C(=O)N[C@@H]2CCCCO2)O[C@H](C)[C@@H]1C. The third-order valence-electron chi connectivity index (χ3n) is 4.70. The first kappa shape index (κ1) is 17.4. The third kappa shape index (κ3) is 3.51. The van der Waals surface area contributed by atoms with Gasteiger partial charge in [0.1, 0.15) is 6.23 Å². The van der Waals surface area contributed by atoms with Crippen molar-refractivity contribution in [2.24, 2.45) is 5.92 Å². The lowest BCUT2D eigenvalue weighted by atomic mass is 9.85. The number of aliphatic hydroxyl groups is 1. The van der Waals surface area contributed by atoms with E-state index in [1.807, 2.05) is 13.8 Å².